The maximum absolute atomic E-state index is 5.69. The molecule has 84 valence electrons. The van der Waals surface area contributed by atoms with Crippen LogP contribution in [0.5, 0.6) is 0 Å². The zero-order chi connectivity index (χ0) is 10.5. The number of piperidine rings is 1. The van der Waals surface area contributed by atoms with Crippen LogP contribution in [0.3, 0.4) is 0 Å². The van der Waals surface area contributed by atoms with Crippen LogP contribution in [-0.4, -0.2) is 29.5 Å². The fourth-order valence-corrected chi connectivity index (χ4v) is 2.89. The van der Waals surface area contributed by atoms with Crippen LogP contribution in [0.2, 0.25) is 0 Å². The number of thiazole rings is 1. The molecule has 1 aliphatic rings. The summed E-state index contributed by atoms with van der Waals surface area (Å²) in [6.07, 6.45) is 5.06. The molecule has 3 nitrogen and oxygen atoms in total. The van der Waals surface area contributed by atoms with E-state index in [-0.39, 0.29) is 0 Å². The highest BCUT2D eigenvalue weighted by atomic mass is 32.1. The molecular weight excluding hydrogens is 206 g/mol. The van der Waals surface area contributed by atoms with E-state index in [1.54, 1.807) is 11.3 Å². The third-order valence-corrected chi connectivity index (χ3v) is 3.67. The van der Waals surface area contributed by atoms with Crippen LogP contribution in [0.25, 0.3) is 0 Å². The Balaban J connectivity index is 2.04. The molecule has 0 aromatic carbocycles. The Labute approximate surface area is 95.3 Å². The maximum Gasteiger partial charge on any atom is 0.0795 e. The number of rotatable bonds is 4. The summed E-state index contributed by atoms with van der Waals surface area (Å²) in [5, 5.41) is 2.16. The Morgan fingerprint density at radius 2 is 2.20 bits per heavy atom. The van der Waals surface area contributed by atoms with Crippen molar-refractivity contribution in [1.29, 1.82) is 0 Å². The third kappa shape index (κ3) is 2.77. The molecule has 0 amide bonds. The fraction of sp³-hybridized carbons (Fsp3) is 0.727. The second-order valence-corrected chi connectivity index (χ2v) is 4.82. The lowest BCUT2D eigenvalue weighted by atomic mass is 10.0. The van der Waals surface area contributed by atoms with Gasteiger partial charge in [0, 0.05) is 5.38 Å². The zero-order valence-corrected chi connectivity index (χ0v) is 9.88. The number of hydrogen-bond acceptors (Lipinski definition) is 4. The van der Waals surface area contributed by atoms with Gasteiger partial charge in [-0.1, -0.05) is 6.42 Å². The van der Waals surface area contributed by atoms with E-state index in [9.17, 15) is 0 Å². The first-order valence-corrected chi connectivity index (χ1v) is 6.68. The van der Waals surface area contributed by atoms with Gasteiger partial charge < -0.3 is 5.73 Å². The van der Waals surface area contributed by atoms with Crippen LogP contribution in [0.1, 0.15) is 37.4 Å². The van der Waals surface area contributed by atoms with Crippen LogP contribution in [-0.2, 0) is 0 Å². The molecule has 1 aromatic heterocycles. The third-order valence-electron chi connectivity index (χ3n) is 3.06. The summed E-state index contributed by atoms with van der Waals surface area (Å²) in [5.74, 6) is 0. The van der Waals surface area contributed by atoms with E-state index >= 15 is 0 Å². The SMILES string of the molecule is NCCC(c1cscn1)N1CCCCC1. The molecule has 1 fully saturated rings. The highest BCUT2D eigenvalue weighted by Gasteiger charge is 2.22. The minimum absolute atomic E-state index is 0.460. The number of aromatic nitrogens is 1. The molecule has 1 saturated heterocycles. The summed E-state index contributed by atoms with van der Waals surface area (Å²) in [4.78, 5) is 6.98. The molecule has 1 aromatic rings. The van der Waals surface area contributed by atoms with Gasteiger partial charge in [0.05, 0.1) is 17.2 Å². The van der Waals surface area contributed by atoms with Crippen molar-refractivity contribution < 1.29 is 0 Å². The van der Waals surface area contributed by atoms with Gasteiger partial charge in [-0.3, -0.25) is 4.90 Å². The van der Waals surface area contributed by atoms with Gasteiger partial charge >= 0.3 is 0 Å². The van der Waals surface area contributed by atoms with Gasteiger partial charge in [-0.05, 0) is 38.9 Å². The topological polar surface area (TPSA) is 42.1 Å². The lowest BCUT2D eigenvalue weighted by Gasteiger charge is -2.33. The highest BCUT2D eigenvalue weighted by molar-refractivity contribution is 7.07. The molecule has 1 aliphatic heterocycles. The Kier molecular flexibility index (Phi) is 4.11. The fourth-order valence-electron chi connectivity index (χ4n) is 2.29. The van der Waals surface area contributed by atoms with Crippen molar-refractivity contribution in [2.75, 3.05) is 19.6 Å². The molecule has 0 saturated carbocycles. The van der Waals surface area contributed by atoms with Gasteiger partial charge in [0.2, 0.25) is 0 Å². The second kappa shape index (κ2) is 5.58. The van der Waals surface area contributed by atoms with Crippen molar-refractivity contribution in [2.45, 2.75) is 31.7 Å². The summed E-state index contributed by atoms with van der Waals surface area (Å²) >= 11 is 1.68. The van der Waals surface area contributed by atoms with Gasteiger partial charge in [0.1, 0.15) is 0 Å². The van der Waals surface area contributed by atoms with Gasteiger partial charge in [0.15, 0.2) is 0 Å². The zero-order valence-electron chi connectivity index (χ0n) is 9.06. The van der Waals surface area contributed by atoms with Gasteiger partial charge in [-0.2, -0.15) is 0 Å². The van der Waals surface area contributed by atoms with Crippen molar-refractivity contribution in [3.05, 3.63) is 16.6 Å². The normalized spacial score (nSPS) is 20.3. The summed E-state index contributed by atoms with van der Waals surface area (Å²) in [7, 11) is 0. The summed E-state index contributed by atoms with van der Waals surface area (Å²) in [6, 6.07) is 0.460. The Morgan fingerprint density at radius 3 is 2.80 bits per heavy atom. The molecule has 2 heterocycles. The second-order valence-electron chi connectivity index (χ2n) is 4.10. The number of nitrogens with two attached hydrogens (primary N) is 1. The molecule has 0 bridgehead atoms. The Bertz CT molecular complexity index is 267. The average molecular weight is 225 g/mol. The van der Waals surface area contributed by atoms with E-state index in [4.69, 9.17) is 5.73 Å². The summed E-state index contributed by atoms with van der Waals surface area (Å²) < 4.78 is 0. The van der Waals surface area contributed by atoms with E-state index in [2.05, 4.69) is 15.3 Å². The lowest BCUT2D eigenvalue weighted by Crippen LogP contribution is -2.35. The molecule has 1 atom stereocenters. The standard InChI is InChI=1S/C11H19N3S/c12-5-4-11(10-8-15-9-13-10)14-6-2-1-3-7-14/h8-9,11H,1-7,12H2. The molecular formula is C11H19N3S. The van der Waals surface area contributed by atoms with Crippen LogP contribution >= 0.6 is 11.3 Å². The minimum atomic E-state index is 0.460. The molecule has 0 spiro atoms. The monoisotopic (exact) mass is 225 g/mol. The first-order valence-electron chi connectivity index (χ1n) is 5.74. The van der Waals surface area contributed by atoms with Crippen LogP contribution in [0.15, 0.2) is 10.9 Å². The van der Waals surface area contributed by atoms with E-state index in [0.717, 1.165) is 13.0 Å². The quantitative estimate of drug-likeness (QED) is 0.852. The molecule has 4 heteroatoms. The van der Waals surface area contributed by atoms with Crippen LogP contribution < -0.4 is 5.73 Å². The predicted molar refractivity (Wildman–Crippen MR) is 64.0 cm³/mol. The van der Waals surface area contributed by atoms with Crippen molar-refractivity contribution >= 4 is 11.3 Å². The van der Waals surface area contributed by atoms with Crippen LogP contribution in [0.4, 0.5) is 0 Å². The van der Waals surface area contributed by atoms with Crippen LogP contribution in [0, 0.1) is 0 Å². The minimum Gasteiger partial charge on any atom is -0.330 e. The highest BCUT2D eigenvalue weighted by Crippen LogP contribution is 2.26. The smallest absolute Gasteiger partial charge is 0.0795 e. The Morgan fingerprint density at radius 1 is 1.40 bits per heavy atom. The molecule has 2 rings (SSSR count). The molecule has 1 unspecified atom stereocenters. The first-order chi connectivity index (χ1) is 7.42. The van der Waals surface area contributed by atoms with E-state index in [1.807, 2.05) is 5.51 Å². The van der Waals surface area contributed by atoms with Crippen molar-refractivity contribution in [2.24, 2.45) is 5.73 Å². The summed E-state index contributed by atoms with van der Waals surface area (Å²) in [6.45, 7) is 3.17. The molecule has 15 heavy (non-hydrogen) atoms. The average Bonchev–Trinajstić information content (AvgIpc) is 2.80. The number of hydrogen-bond donors (Lipinski definition) is 1. The lowest BCUT2D eigenvalue weighted by molar-refractivity contribution is 0.155. The number of likely N-dealkylation sites (tertiary alicyclic amines) is 1. The van der Waals surface area contributed by atoms with Crippen molar-refractivity contribution in [3.63, 3.8) is 0 Å². The van der Waals surface area contributed by atoms with Crippen molar-refractivity contribution in [1.82, 2.24) is 9.88 Å². The first kappa shape index (κ1) is 11.0. The largest absolute Gasteiger partial charge is 0.330 e. The van der Waals surface area contributed by atoms with E-state index in [1.165, 1.54) is 38.0 Å². The summed E-state index contributed by atoms with van der Waals surface area (Å²) in [5.41, 5.74) is 8.83. The molecule has 0 radical (unpaired) electrons. The van der Waals surface area contributed by atoms with E-state index < -0.39 is 0 Å². The van der Waals surface area contributed by atoms with Gasteiger partial charge in [-0.15, -0.1) is 11.3 Å². The number of nitrogens with zero attached hydrogens (tertiary/aromatic N) is 2. The van der Waals surface area contributed by atoms with Gasteiger partial charge in [0.25, 0.3) is 0 Å². The maximum atomic E-state index is 5.69. The molecule has 2 N–H and O–H groups in total. The predicted octanol–water partition coefficient (Wildman–Crippen LogP) is 2.02. The van der Waals surface area contributed by atoms with E-state index in [0.29, 0.717) is 6.04 Å². The van der Waals surface area contributed by atoms with Gasteiger partial charge in [-0.25, -0.2) is 4.98 Å². The Hall–Kier alpha value is -0.450. The molecule has 0 aliphatic carbocycles. The van der Waals surface area contributed by atoms with Crippen molar-refractivity contribution in [3.8, 4) is 0 Å².